The standard InChI is InChI=1S/C15H15N3O2/c1-10-8-18(9-11-4-2-3-5-12(10)11)15(20)13-6-7-14(19)17-16-13/h2-7,10H,8-9H2,1H3,(H,17,19). The Hall–Kier alpha value is -2.43. The summed E-state index contributed by atoms with van der Waals surface area (Å²) in [5, 5.41) is 6.10. The summed E-state index contributed by atoms with van der Waals surface area (Å²) in [5.41, 5.74) is 2.44. The number of amides is 1. The maximum absolute atomic E-state index is 12.4. The van der Waals surface area contributed by atoms with Crippen molar-refractivity contribution in [3.05, 3.63) is 63.6 Å². The third kappa shape index (κ3) is 2.22. The first-order valence-corrected chi connectivity index (χ1v) is 6.58. The molecule has 1 aliphatic heterocycles. The minimum Gasteiger partial charge on any atom is -0.332 e. The van der Waals surface area contributed by atoms with Gasteiger partial charge in [0.25, 0.3) is 11.5 Å². The molecule has 1 amide bonds. The van der Waals surface area contributed by atoms with E-state index in [4.69, 9.17) is 0 Å². The molecule has 1 unspecified atom stereocenters. The van der Waals surface area contributed by atoms with E-state index in [1.807, 2.05) is 18.2 Å². The van der Waals surface area contributed by atoms with Crippen LogP contribution in [-0.4, -0.2) is 27.5 Å². The van der Waals surface area contributed by atoms with Gasteiger partial charge in [-0.2, -0.15) is 5.10 Å². The van der Waals surface area contributed by atoms with E-state index in [9.17, 15) is 9.59 Å². The van der Waals surface area contributed by atoms with Crippen LogP contribution in [0.3, 0.4) is 0 Å². The number of nitrogens with zero attached hydrogens (tertiary/aromatic N) is 2. The third-order valence-corrected chi connectivity index (χ3v) is 3.63. The Kier molecular flexibility index (Phi) is 3.10. The summed E-state index contributed by atoms with van der Waals surface area (Å²) in [6, 6.07) is 11.0. The topological polar surface area (TPSA) is 66.1 Å². The van der Waals surface area contributed by atoms with Crippen molar-refractivity contribution in [2.24, 2.45) is 0 Å². The molecule has 1 aromatic carbocycles. The van der Waals surface area contributed by atoms with Crippen LogP contribution in [0.1, 0.15) is 34.5 Å². The van der Waals surface area contributed by atoms with Gasteiger partial charge in [-0.25, -0.2) is 5.10 Å². The van der Waals surface area contributed by atoms with E-state index in [0.717, 1.165) is 0 Å². The molecule has 0 saturated carbocycles. The largest absolute Gasteiger partial charge is 0.332 e. The fourth-order valence-electron chi connectivity index (χ4n) is 2.64. The highest BCUT2D eigenvalue weighted by atomic mass is 16.2. The first-order valence-electron chi connectivity index (χ1n) is 6.58. The monoisotopic (exact) mass is 269 g/mol. The summed E-state index contributed by atoms with van der Waals surface area (Å²) in [6.07, 6.45) is 0. The molecule has 2 heterocycles. The van der Waals surface area contributed by atoms with Crippen molar-refractivity contribution < 1.29 is 4.79 Å². The minimum atomic E-state index is -0.307. The van der Waals surface area contributed by atoms with Crippen LogP contribution in [0.2, 0.25) is 0 Å². The molecule has 1 N–H and O–H groups in total. The first kappa shape index (κ1) is 12.6. The van der Waals surface area contributed by atoms with Crippen LogP contribution < -0.4 is 5.56 Å². The van der Waals surface area contributed by atoms with Crippen LogP contribution in [0.5, 0.6) is 0 Å². The van der Waals surface area contributed by atoms with Gasteiger partial charge in [0, 0.05) is 19.2 Å². The average Bonchev–Trinajstić information content (AvgIpc) is 2.47. The lowest BCUT2D eigenvalue weighted by Gasteiger charge is -2.32. The van der Waals surface area contributed by atoms with Gasteiger partial charge in [0.1, 0.15) is 5.69 Å². The minimum absolute atomic E-state index is 0.150. The fraction of sp³-hybridized carbons (Fsp3) is 0.267. The Morgan fingerprint density at radius 3 is 2.85 bits per heavy atom. The van der Waals surface area contributed by atoms with Crippen molar-refractivity contribution in [2.45, 2.75) is 19.4 Å². The molecule has 0 radical (unpaired) electrons. The smallest absolute Gasteiger partial charge is 0.274 e. The number of rotatable bonds is 1. The second-order valence-electron chi connectivity index (χ2n) is 5.09. The van der Waals surface area contributed by atoms with Crippen molar-refractivity contribution in [1.82, 2.24) is 15.1 Å². The van der Waals surface area contributed by atoms with Crippen molar-refractivity contribution in [2.75, 3.05) is 6.54 Å². The molecule has 0 aliphatic carbocycles. The van der Waals surface area contributed by atoms with Crippen molar-refractivity contribution >= 4 is 5.91 Å². The van der Waals surface area contributed by atoms with Gasteiger partial charge in [0.15, 0.2) is 0 Å². The lowest BCUT2D eigenvalue weighted by Crippen LogP contribution is -2.38. The molecule has 20 heavy (non-hydrogen) atoms. The lowest BCUT2D eigenvalue weighted by atomic mass is 9.91. The zero-order valence-electron chi connectivity index (χ0n) is 11.2. The molecule has 1 atom stereocenters. The van der Waals surface area contributed by atoms with Gasteiger partial charge < -0.3 is 4.90 Å². The molecular formula is C15H15N3O2. The molecule has 102 valence electrons. The summed E-state index contributed by atoms with van der Waals surface area (Å²) < 4.78 is 0. The van der Waals surface area contributed by atoms with Gasteiger partial charge >= 0.3 is 0 Å². The SMILES string of the molecule is CC1CN(C(=O)c2ccc(=O)[nH]n2)Cc2ccccc21. The second kappa shape index (κ2) is 4.92. The number of H-pyrrole nitrogens is 1. The number of carbonyl (C=O) groups excluding carboxylic acids is 1. The number of hydrogen-bond donors (Lipinski definition) is 1. The Morgan fingerprint density at radius 2 is 2.10 bits per heavy atom. The van der Waals surface area contributed by atoms with Gasteiger partial charge in [0.2, 0.25) is 0 Å². The zero-order chi connectivity index (χ0) is 14.1. The Morgan fingerprint density at radius 1 is 1.30 bits per heavy atom. The number of hydrogen-bond acceptors (Lipinski definition) is 3. The number of benzene rings is 1. The van der Waals surface area contributed by atoms with E-state index in [-0.39, 0.29) is 17.2 Å². The number of fused-ring (bicyclic) bond motifs is 1. The van der Waals surface area contributed by atoms with E-state index in [2.05, 4.69) is 23.2 Å². The quantitative estimate of drug-likeness (QED) is 0.853. The number of aromatic nitrogens is 2. The predicted molar refractivity (Wildman–Crippen MR) is 74.5 cm³/mol. The molecule has 0 bridgehead atoms. The maximum Gasteiger partial charge on any atom is 0.274 e. The summed E-state index contributed by atoms with van der Waals surface area (Å²) >= 11 is 0. The van der Waals surface area contributed by atoms with Crippen LogP contribution in [0.15, 0.2) is 41.2 Å². The van der Waals surface area contributed by atoms with Gasteiger partial charge in [-0.1, -0.05) is 31.2 Å². The van der Waals surface area contributed by atoms with Crippen LogP contribution >= 0.6 is 0 Å². The lowest BCUT2D eigenvalue weighted by molar-refractivity contribution is 0.0713. The summed E-state index contributed by atoms with van der Waals surface area (Å²) in [5.74, 6) is 0.147. The van der Waals surface area contributed by atoms with Crippen LogP contribution in [0, 0.1) is 0 Å². The Bertz CT molecular complexity index is 688. The molecule has 1 aliphatic rings. The van der Waals surface area contributed by atoms with Gasteiger partial charge in [-0.05, 0) is 23.1 Å². The van der Waals surface area contributed by atoms with Crippen LogP contribution in [-0.2, 0) is 6.54 Å². The normalized spacial score (nSPS) is 17.6. The highest BCUT2D eigenvalue weighted by Crippen LogP contribution is 2.28. The summed E-state index contributed by atoms with van der Waals surface area (Å²) in [6.45, 7) is 3.36. The molecule has 0 spiro atoms. The highest BCUT2D eigenvalue weighted by molar-refractivity contribution is 5.92. The van der Waals surface area contributed by atoms with Crippen molar-refractivity contribution in [1.29, 1.82) is 0 Å². The van der Waals surface area contributed by atoms with Crippen LogP contribution in [0.4, 0.5) is 0 Å². The van der Waals surface area contributed by atoms with Gasteiger partial charge in [-0.15, -0.1) is 0 Å². The third-order valence-electron chi connectivity index (χ3n) is 3.63. The fourth-order valence-corrected chi connectivity index (χ4v) is 2.64. The predicted octanol–water partition coefficient (Wildman–Crippen LogP) is 1.53. The van der Waals surface area contributed by atoms with Gasteiger partial charge in [-0.3, -0.25) is 9.59 Å². The van der Waals surface area contributed by atoms with Gasteiger partial charge in [0.05, 0.1) is 0 Å². The van der Waals surface area contributed by atoms with E-state index < -0.39 is 0 Å². The zero-order valence-corrected chi connectivity index (χ0v) is 11.2. The molecular weight excluding hydrogens is 254 g/mol. The maximum atomic E-state index is 12.4. The summed E-state index contributed by atoms with van der Waals surface area (Å²) in [7, 11) is 0. The van der Waals surface area contributed by atoms with E-state index in [1.165, 1.54) is 23.3 Å². The second-order valence-corrected chi connectivity index (χ2v) is 5.09. The highest BCUT2D eigenvalue weighted by Gasteiger charge is 2.26. The molecule has 1 aromatic heterocycles. The van der Waals surface area contributed by atoms with Crippen molar-refractivity contribution in [3.63, 3.8) is 0 Å². The van der Waals surface area contributed by atoms with Crippen LogP contribution in [0.25, 0.3) is 0 Å². The molecule has 5 nitrogen and oxygen atoms in total. The molecule has 0 fully saturated rings. The molecule has 0 saturated heterocycles. The molecule has 2 aromatic rings. The number of carbonyl (C=O) groups is 1. The summed E-state index contributed by atoms with van der Waals surface area (Å²) in [4.78, 5) is 25.2. The number of aromatic amines is 1. The molecule has 3 rings (SSSR count). The Balaban J connectivity index is 1.88. The Labute approximate surface area is 116 Å². The molecule has 5 heteroatoms. The number of nitrogens with one attached hydrogen (secondary N) is 1. The van der Waals surface area contributed by atoms with E-state index in [0.29, 0.717) is 19.0 Å². The van der Waals surface area contributed by atoms with E-state index >= 15 is 0 Å². The first-order chi connectivity index (χ1) is 9.65. The van der Waals surface area contributed by atoms with Crippen molar-refractivity contribution in [3.8, 4) is 0 Å². The van der Waals surface area contributed by atoms with E-state index in [1.54, 1.807) is 4.90 Å². The average molecular weight is 269 g/mol.